The summed E-state index contributed by atoms with van der Waals surface area (Å²) in [5, 5.41) is 0. The lowest BCUT2D eigenvalue weighted by Crippen LogP contribution is -2.68. The van der Waals surface area contributed by atoms with E-state index in [9.17, 15) is 0 Å². The predicted molar refractivity (Wildman–Crippen MR) is 81.8 cm³/mol. The van der Waals surface area contributed by atoms with E-state index in [1.54, 1.807) is 0 Å². The van der Waals surface area contributed by atoms with E-state index in [0.29, 0.717) is 5.82 Å². The number of hydrogen-bond acceptors (Lipinski definition) is 4. The van der Waals surface area contributed by atoms with Crippen LogP contribution in [-0.4, -0.2) is 36.6 Å². The van der Waals surface area contributed by atoms with Crippen LogP contribution < -0.4 is 0 Å². The highest BCUT2D eigenvalue weighted by Crippen LogP contribution is 2.54. The van der Waals surface area contributed by atoms with Crippen LogP contribution in [0.15, 0.2) is 0 Å². The molecular weight excluding hydrogens is 254 g/mol. The fraction of sp³-hybridized carbons (Fsp3) is 1.00. The van der Waals surface area contributed by atoms with Gasteiger partial charge in [-0.15, -0.1) is 0 Å². The molecule has 0 N–H and O–H groups in total. The van der Waals surface area contributed by atoms with Gasteiger partial charge < -0.3 is 18.6 Å². The summed E-state index contributed by atoms with van der Waals surface area (Å²) in [5.41, 5.74) is -2.09. The first-order chi connectivity index (χ1) is 8.86. The molecule has 20 heavy (non-hydrogen) atoms. The molecule has 0 aliphatic carbocycles. The van der Waals surface area contributed by atoms with Crippen molar-refractivity contribution >= 4 is 14.2 Å². The van der Waals surface area contributed by atoms with Crippen LogP contribution in [0.4, 0.5) is 0 Å². The molecule has 2 unspecified atom stereocenters. The maximum atomic E-state index is 6.37. The third kappa shape index (κ3) is 1.99. The zero-order valence-electron chi connectivity index (χ0n) is 14.4. The fourth-order valence-corrected chi connectivity index (χ4v) is 3.47. The zero-order chi connectivity index (χ0) is 15.6. The maximum Gasteiger partial charge on any atom is 0.460 e. The smallest absolute Gasteiger partial charge is 0.403 e. The van der Waals surface area contributed by atoms with Gasteiger partial charge in [-0.25, -0.2) is 0 Å². The predicted octanol–water partition coefficient (Wildman–Crippen LogP) is 3.17. The van der Waals surface area contributed by atoms with E-state index < -0.39 is 22.4 Å². The standard InChI is InChI=1S/C14H28B2O4/c1-10(2)16-18-12(5,6)14(8,20-16)13(7)11(3,4)17-15(9)19-13/h10H,1-9H3. The Kier molecular flexibility index (Phi) is 3.66. The molecule has 2 aliphatic heterocycles. The summed E-state index contributed by atoms with van der Waals surface area (Å²) in [6.45, 7) is 18.6. The van der Waals surface area contributed by atoms with Crippen molar-refractivity contribution in [3.63, 3.8) is 0 Å². The third-order valence-electron chi connectivity index (χ3n) is 5.38. The Morgan fingerprint density at radius 1 is 0.700 bits per heavy atom. The molecule has 2 heterocycles. The van der Waals surface area contributed by atoms with E-state index in [0.717, 1.165) is 0 Å². The molecule has 0 aromatic rings. The second-order valence-electron chi connectivity index (χ2n) is 7.74. The van der Waals surface area contributed by atoms with Crippen molar-refractivity contribution < 1.29 is 18.6 Å². The largest absolute Gasteiger partial charge is 0.460 e. The second-order valence-corrected chi connectivity index (χ2v) is 7.74. The van der Waals surface area contributed by atoms with Crippen LogP contribution in [0.2, 0.25) is 12.6 Å². The maximum absolute atomic E-state index is 6.37. The first kappa shape index (κ1) is 16.3. The summed E-state index contributed by atoms with van der Waals surface area (Å²) < 4.78 is 24.7. The average molecular weight is 282 g/mol. The molecule has 2 atom stereocenters. The lowest BCUT2D eigenvalue weighted by Gasteiger charge is -2.52. The molecule has 0 spiro atoms. The van der Waals surface area contributed by atoms with Crippen LogP contribution in [0.3, 0.4) is 0 Å². The van der Waals surface area contributed by atoms with Gasteiger partial charge >= 0.3 is 14.2 Å². The monoisotopic (exact) mass is 282 g/mol. The highest BCUT2D eigenvalue weighted by Gasteiger charge is 2.71. The number of hydrogen-bond donors (Lipinski definition) is 0. The van der Waals surface area contributed by atoms with Crippen molar-refractivity contribution in [2.24, 2.45) is 0 Å². The molecule has 0 amide bonds. The Hall–Kier alpha value is -0.0301. The Labute approximate surface area is 124 Å². The summed E-state index contributed by atoms with van der Waals surface area (Å²) in [6, 6.07) is 0. The van der Waals surface area contributed by atoms with Gasteiger partial charge in [0.05, 0.1) is 11.2 Å². The van der Waals surface area contributed by atoms with Gasteiger partial charge in [0.15, 0.2) is 0 Å². The van der Waals surface area contributed by atoms with E-state index in [4.69, 9.17) is 18.6 Å². The van der Waals surface area contributed by atoms with Gasteiger partial charge in [0.2, 0.25) is 0 Å². The third-order valence-corrected chi connectivity index (χ3v) is 5.38. The van der Waals surface area contributed by atoms with Crippen molar-refractivity contribution in [1.29, 1.82) is 0 Å². The van der Waals surface area contributed by atoms with Crippen LogP contribution in [0.5, 0.6) is 0 Å². The fourth-order valence-electron chi connectivity index (χ4n) is 3.47. The summed E-state index contributed by atoms with van der Waals surface area (Å²) in [6.07, 6.45) is 0. The first-order valence-electron chi connectivity index (χ1n) is 7.57. The molecule has 0 radical (unpaired) electrons. The molecule has 2 aliphatic rings. The van der Waals surface area contributed by atoms with Gasteiger partial charge in [0.1, 0.15) is 11.2 Å². The van der Waals surface area contributed by atoms with Gasteiger partial charge in [-0.1, -0.05) is 13.8 Å². The second kappa shape index (κ2) is 4.48. The molecule has 2 fully saturated rings. The van der Waals surface area contributed by atoms with Crippen molar-refractivity contribution in [2.75, 3.05) is 0 Å². The van der Waals surface area contributed by atoms with Crippen LogP contribution in [0.1, 0.15) is 55.4 Å². The first-order valence-corrected chi connectivity index (χ1v) is 7.57. The molecule has 2 rings (SSSR count). The highest BCUT2D eigenvalue weighted by atomic mass is 16.7. The van der Waals surface area contributed by atoms with E-state index in [-0.39, 0.29) is 14.2 Å². The normalized spacial score (nSPS) is 39.9. The summed E-state index contributed by atoms with van der Waals surface area (Å²) >= 11 is 0. The molecule has 4 nitrogen and oxygen atoms in total. The van der Waals surface area contributed by atoms with E-state index in [1.165, 1.54) is 0 Å². The molecule has 114 valence electrons. The summed E-state index contributed by atoms with van der Waals surface area (Å²) in [4.78, 5) is 0. The number of rotatable bonds is 2. The molecule has 6 heteroatoms. The minimum atomic E-state index is -0.594. The molecule has 2 saturated heterocycles. The quantitative estimate of drug-likeness (QED) is 0.729. The average Bonchev–Trinajstić information content (AvgIpc) is 2.61. The van der Waals surface area contributed by atoms with Gasteiger partial charge in [0, 0.05) is 0 Å². The van der Waals surface area contributed by atoms with Crippen molar-refractivity contribution in [2.45, 2.75) is 90.4 Å². The SMILES string of the molecule is CB1OC(C)(C)C(C)(C2(C)OB(C(C)C)OC2(C)C)O1. The van der Waals surface area contributed by atoms with Crippen LogP contribution >= 0.6 is 0 Å². The topological polar surface area (TPSA) is 36.9 Å². The Morgan fingerprint density at radius 2 is 1.15 bits per heavy atom. The minimum Gasteiger partial charge on any atom is -0.403 e. The Balaban J connectivity index is 2.44. The van der Waals surface area contributed by atoms with E-state index in [1.807, 2.05) is 6.82 Å². The lowest BCUT2D eigenvalue weighted by atomic mass is 9.67. The molecule has 0 bridgehead atoms. The van der Waals surface area contributed by atoms with E-state index >= 15 is 0 Å². The van der Waals surface area contributed by atoms with Crippen LogP contribution in [0, 0.1) is 0 Å². The van der Waals surface area contributed by atoms with Crippen molar-refractivity contribution in [3.8, 4) is 0 Å². The minimum absolute atomic E-state index is 0.220. The molecule has 0 aromatic heterocycles. The lowest BCUT2D eigenvalue weighted by molar-refractivity contribution is -0.176. The van der Waals surface area contributed by atoms with Gasteiger partial charge in [-0.05, 0) is 54.2 Å². The summed E-state index contributed by atoms with van der Waals surface area (Å²) in [5.74, 6) is 0.294. The van der Waals surface area contributed by atoms with Gasteiger partial charge in [0.25, 0.3) is 0 Å². The zero-order valence-corrected chi connectivity index (χ0v) is 14.4. The van der Waals surface area contributed by atoms with E-state index in [2.05, 4.69) is 55.4 Å². The molecule has 0 aromatic carbocycles. The van der Waals surface area contributed by atoms with Crippen molar-refractivity contribution in [1.82, 2.24) is 0 Å². The van der Waals surface area contributed by atoms with Crippen LogP contribution in [0.25, 0.3) is 0 Å². The van der Waals surface area contributed by atoms with Gasteiger partial charge in [-0.2, -0.15) is 0 Å². The highest BCUT2D eigenvalue weighted by molar-refractivity contribution is 6.47. The Bertz CT molecular complexity index is 399. The van der Waals surface area contributed by atoms with Crippen molar-refractivity contribution in [3.05, 3.63) is 0 Å². The van der Waals surface area contributed by atoms with Crippen LogP contribution in [-0.2, 0) is 18.6 Å². The Morgan fingerprint density at radius 3 is 1.50 bits per heavy atom. The molecule has 0 saturated carbocycles. The van der Waals surface area contributed by atoms with Gasteiger partial charge in [-0.3, -0.25) is 0 Å². The summed E-state index contributed by atoms with van der Waals surface area (Å²) in [7, 11) is -0.466. The molecular formula is C14H28B2O4.